The van der Waals surface area contributed by atoms with Gasteiger partial charge in [-0.2, -0.15) is 0 Å². The fourth-order valence-corrected chi connectivity index (χ4v) is 5.12. The third-order valence-electron chi connectivity index (χ3n) is 6.31. The van der Waals surface area contributed by atoms with Crippen LogP contribution in [0.4, 0.5) is 5.69 Å². The Morgan fingerprint density at radius 2 is 1.78 bits per heavy atom. The molecule has 9 heteroatoms. The van der Waals surface area contributed by atoms with Gasteiger partial charge in [-0.15, -0.1) is 0 Å². The molecule has 0 aliphatic rings. The predicted octanol–water partition coefficient (Wildman–Crippen LogP) is 4.27. The molecule has 0 spiro atoms. The van der Waals surface area contributed by atoms with Crippen molar-refractivity contribution in [3.63, 3.8) is 0 Å². The Morgan fingerprint density at radius 3 is 2.41 bits per heavy atom. The highest BCUT2D eigenvalue weighted by Gasteiger charge is 2.29. The lowest BCUT2D eigenvalue weighted by Crippen LogP contribution is -2.49. The van der Waals surface area contributed by atoms with Gasteiger partial charge in [0, 0.05) is 32.1 Å². The number of aryl methyl sites for hydroxylation is 1. The summed E-state index contributed by atoms with van der Waals surface area (Å²) >= 11 is 0. The molecule has 0 saturated carbocycles. The number of carbonyl (C=O) groups is 2. The molecule has 8 nitrogen and oxygen atoms in total. The number of carbonyl (C=O) groups excluding carboxylic acids is 2. The number of rotatable bonds is 15. The Balaban J connectivity index is 2.22. The van der Waals surface area contributed by atoms with E-state index in [1.54, 1.807) is 29.2 Å². The number of hydrogen-bond acceptors (Lipinski definition) is 5. The summed E-state index contributed by atoms with van der Waals surface area (Å²) in [6, 6.07) is 14.0. The average Bonchev–Trinajstić information content (AvgIpc) is 2.86. The summed E-state index contributed by atoms with van der Waals surface area (Å²) in [6.45, 7) is 6.96. The second-order valence-electron chi connectivity index (χ2n) is 9.16. The third kappa shape index (κ3) is 9.07. The number of sulfonamides is 1. The number of hydrogen-bond donors (Lipinski definition) is 1. The van der Waals surface area contributed by atoms with E-state index in [0.717, 1.165) is 30.2 Å². The van der Waals surface area contributed by atoms with Gasteiger partial charge in [0.15, 0.2) is 0 Å². The van der Waals surface area contributed by atoms with E-state index in [1.807, 2.05) is 38.1 Å². The van der Waals surface area contributed by atoms with Crippen LogP contribution in [0.1, 0.15) is 57.1 Å². The van der Waals surface area contributed by atoms with Crippen LogP contribution in [0.3, 0.4) is 0 Å². The highest BCUT2D eigenvalue weighted by molar-refractivity contribution is 7.92. The van der Waals surface area contributed by atoms with E-state index in [-0.39, 0.29) is 24.8 Å². The van der Waals surface area contributed by atoms with Gasteiger partial charge in [0.25, 0.3) is 0 Å². The van der Waals surface area contributed by atoms with Crippen molar-refractivity contribution in [2.45, 2.75) is 65.5 Å². The van der Waals surface area contributed by atoms with E-state index in [0.29, 0.717) is 37.4 Å². The fourth-order valence-electron chi connectivity index (χ4n) is 4.17. The van der Waals surface area contributed by atoms with Crippen molar-refractivity contribution in [3.05, 3.63) is 59.7 Å². The number of ether oxygens (including phenoxy) is 1. The van der Waals surface area contributed by atoms with E-state index in [9.17, 15) is 18.0 Å². The molecule has 0 aliphatic heterocycles. The summed E-state index contributed by atoms with van der Waals surface area (Å²) in [5.41, 5.74) is 2.50. The van der Waals surface area contributed by atoms with Crippen molar-refractivity contribution in [2.75, 3.05) is 30.8 Å². The first-order valence-corrected chi connectivity index (χ1v) is 14.7. The number of anilines is 1. The van der Waals surface area contributed by atoms with Gasteiger partial charge in [-0.3, -0.25) is 13.9 Å². The number of amides is 2. The van der Waals surface area contributed by atoms with E-state index in [1.165, 1.54) is 11.4 Å². The van der Waals surface area contributed by atoms with Crippen LogP contribution in [-0.4, -0.2) is 57.6 Å². The molecule has 1 N–H and O–H groups in total. The summed E-state index contributed by atoms with van der Waals surface area (Å²) in [7, 11) is -2.05. The summed E-state index contributed by atoms with van der Waals surface area (Å²) in [6.07, 6.45) is 3.88. The van der Waals surface area contributed by atoms with Crippen LogP contribution in [0, 0.1) is 6.92 Å². The van der Waals surface area contributed by atoms with E-state index in [2.05, 4.69) is 12.2 Å². The summed E-state index contributed by atoms with van der Waals surface area (Å²) in [5, 5.41) is 2.96. The van der Waals surface area contributed by atoms with Crippen molar-refractivity contribution in [1.29, 1.82) is 0 Å². The van der Waals surface area contributed by atoms with Gasteiger partial charge in [0.05, 0.1) is 19.1 Å². The quantitative estimate of drug-likeness (QED) is 0.346. The molecule has 0 unspecified atom stereocenters. The standard InChI is InChI=1S/C28H41N3O5S/c1-6-8-18-29-28(33)26(7-2)30(21-23-14-10-9-13-22(23)3)27(32)17-12-19-31(37(5,34)35)24-15-11-16-25(20-24)36-4/h9-11,13-16,20,26H,6-8,12,17-19,21H2,1-5H3,(H,29,33)/t26-/m1/s1. The Bertz CT molecular complexity index is 1140. The van der Waals surface area contributed by atoms with Crippen LogP contribution in [0.15, 0.2) is 48.5 Å². The van der Waals surface area contributed by atoms with Crippen LogP contribution >= 0.6 is 0 Å². The molecule has 37 heavy (non-hydrogen) atoms. The third-order valence-corrected chi connectivity index (χ3v) is 7.50. The largest absolute Gasteiger partial charge is 0.497 e. The SMILES string of the molecule is CCCCNC(=O)[C@@H](CC)N(Cc1ccccc1C)C(=O)CCCN(c1cccc(OC)c1)S(C)(=O)=O. The van der Waals surface area contributed by atoms with E-state index < -0.39 is 16.1 Å². The predicted molar refractivity (Wildman–Crippen MR) is 148 cm³/mol. The van der Waals surface area contributed by atoms with Crippen LogP contribution < -0.4 is 14.4 Å². The molecule has 2 rings (SSSR count). The van der Waals surface area contributed by atoms with Gasteiger partial charge in [-0.25, -0.2) is 8.42 Å². The summed E-state index contributed by atoms with van der Waals surface area (Å²) in [4.78, 5) is 28.2. The van der Waals surface area contributed by atoms with Crippen molar-refractivity contribution in [3.8, 4) is 5.75 Å². The number of nitrogens with one attached hydrogen (secondary N) is 1. The van der Waals surface area contributed by atoms with Crippen LogP contribution in [-0.2, 0) is 26.2 Å². The Labute approximate surface area is 222 Å². The molecule has 2 amide bonds. The molecule has 0 aliphatic carbocycles. The zero-order chi connectivity index (χ0) is 27.4. The maximum Gasteiger partial charge on any atom is 0.242 e. The lowest BCUT2D eigenvalue weighted by atomic mass is 10.1. The first-order valence-electron chi connectivity index (χ1n) is 12.9. The summed E-state index contributed by atoms with van der Waals surface area (Å²) < 4.78 is 31.6. The highest BCUT2D eigenvalue weighted by atomic mass is 32.2. The average molecular weight is 532 g/mol. The molecule has 0 saturated heterocycles. The molecule has 0 bridgehead atoms. The minimum atomic E-state index is -3.57. The van der Waals surface area contributed by atoms with E-state index in [4.69, 9.17) is 4.74 Å². The first kappa shape index (κ1) is 30.2. The van der Waals surface area contributed by atoms with Gasteiger partial charge in [-0.1, -0.05) is 50.6 Å². The van der Waals surface area contributed by atoms with Crippen molar-refractivity contribution in [1.82, 2.24) is 10.2 Å². The number of nitrogens with zero attached hydrogens (tertiary/aromatic N) is 2. The van der Waals surface area contributed by atoms with Gasteiger partial charge in [0.2, 0.25) is 21.8 Å². The van der Waals surface area contributed by atoms with Crippen LogP contribution in [0.5, 0.6) is 5.75 Å². The highest BCUT2D eigenvalue weighted by Crippen LogP contribution is 2.24. The Kier molecular flexibility index (Phi) is 11.9. The Morgan fingerprint density at radius 1 is 1.05 bits per heavy atom. The monoisotopic (exact) mass is 531 g/mol. The van der Waals surface area contributed by atoms with E-state index >= 15 is 0 Å². The maximum atomic E-state index is 13.5. The molecule has 204 valence electrons. The molecule has 2 aromatic rings. The second kappa shape index (κ2) is 14.6. The molecule has 2 aromatic carbocycles. The van der Waals surface area contributed by atoms with Crippen molar-refractivity contribution >= 4 is 27.5 Å². The van der Waals surface area contributed by atoms with Crippen LogP contribution in [0.2, 0.25) is 0 Å². The summed E-state index contributed by atoms with van der Waals surface area (Å²) in [5.74, 6) is 0.207. The van der Waals surface area contributed by atoms with Gasteiger partial charge >= 0.3 is 0 Å². The van der Waals surface area contributed by atoms with Crippen molar-refractivity contribution in [2.24, 2.45) is 0 Å². The number of unbranched alkanes of at least 4 members (excludes halogenated alkanes) is 1. The molecular weight excluding hydrogens is 490 g/mol. The lowest BCUT2D eigenvalue weighted by molar-refractivity contribution is -0.141. The minimum absolute atomic E-state index is 0.112. The van der Waals surface area contributed by atoms with Gasteiger partial charge in [0.1, 0.15) is 11.8 Å². The molecular formula is C28H41N3O5S. The van der Waals surface area contributed by atoms with Gasteiger partial charge in [-0.05, 0) is 49.4 Å². The molecule has 0 aromatic heterocycles. The molecule has 0 heterocycles. The molecule has 0 radical (unpaired) electrons. The Hall–Kier alpha value is -3.07. The minimum Gasteiger partial charge on any atom is -0.497 e. The first-order chi connectivity index (χ1) is 17.6. The normalized spacial score (nSPS) is 12.0. The lowest BCUT2D eigenvalue weighted by Gasteiger charge is -2.31. The smallest absolute Gasteiger partial charge is 0.242 e. The zero-order valence-electron chi connectivity index (χ0n) is 22.7. The number of benzene rings is 2. The van der Waals surface area contributed by atoms with Crippen molar-refractivity contribution < 1.29 is 22.7 Å². The topological polar surface area (TPSA) is 96.0 Å². The van der Waals surface area contributed by atoms with Gasteiger partial charge < -0.3 is 15.0 Å². The second-order valence-corrected chi connectivity index (χ2v) is 11.1. The molecule has 1 atom stereocenters. The molecule has 0 fully saturated rings. The number of methoxy groups -OCH3 is 1. The van der Waals surface area contributed by atoms with Crippen LogP contribution in [0.25, 0.3) is 0 Å². The fraction of sp³-hybridized carbons (Fsp3) is 0.500. The maximum absolute atomic E-state index is 13.5. The zero-order valence-corrected chi connectivity index (χ0v) is 23.5.